The molecule has 0 fully saturated rings. The fourth-order valence-electron chi connectivity index (χ4n) is 2.39. The van der Waals surface area contributed by atoms with Crippen LogP contribution in [0.4, 0.5) is 22.8 Å². The number of aromatic nitrogens is 6. The molecule has 0 aliphatic carbocycles. The van der Waals surface area contributed by atoms with Gasteiger partial charge in [0.25, 0.3) is 0 Å². The first-order valence-corrected chi connectivity index (χ1v) is 9.10. The van der Waals surface area contributed by atoms with Gasteiger partial charge in [-0.2, -0.15) is 15.1 Å². The molecule has 4 rings (SSSR count). The molecule has 3 aromatic heterocycles. The molecule has 0 aliphatic heterocycles. The normalized spacial score (nSPS) is 10.5. The molecule has 11 nitrogen and oxygen atoms in total. The molecular weight excluding hydrogens is 396 g/mol. The third-order valence-electron chi connectivity index (χ3n) is 3.72. The van der Waals surface area contributed by atoms with E-state index in [1.165, 1.54) is 30.2 Å². The van der Waals surface area contributed by atoms with Crippen molar-refractivity contribution in [3.63, 3.8) is 0 Å². The van der Waals surface area contributed by atoms with Gasteiger partial charge in [0.1, 0.15) is 6.33 Å². The third kappa shape index (κ3) is 4.27. The summed E-state index contributed by atoms with van der Waals surface area (Å²) < 4.78 is 4.69. The van der Waals surface area contributed by atoms with Crippen molar-refractivity contribution in [2.24, 2.45) is 0 Å². The van der Waals surface area contributed by atoms with Gasteiger partial charge in [-0.25, -0.2) is 14.8 Å². The quantitative estimate of drug-likeness (QED) is 0.349. The standard InChI is InChI=1S/C17H14N8O3S/c1-28-14(27)10-4-2-9(3-5-10)11-6-12(25-24-11)20-15-18-8-19-16(22-15)23-17-21-13(26)7-29-17/h2-8,26H,1H3,(H3,18,19,20,21,22,23,24,25). The fourth-order valence-corrected chi connectivity index (χ4v) is 2.95. The zero-order chi connectivity index (χ0) is 20.2. The minimum absolute atomic E-state index is 0.0754. The first kappa shape index (κ1) is 18.3. The van der Waals surface area contributed by atoms with Crippen LogP contribution in [0.25, 0.3) is 11.3 Å². The second kappa shape index (κ2) is 7.90. The van der Waals surface area contributed by atoms with E-state index in [0.717, 1.165) is 11.3 Å². The lowest BCUT2D eigenvalue weighted by molar-refractivity contribution is 0.0600. The molecule has 0 amide bonds. The molecule has 4 aromatic rings. The van der Waals surface area contributed by atoms with Gasteiger partial charge in [-0.15, -0.1) is 11.3 Å². The number of nitrogens with zero attached hydrogens (tertiary/aromatic N) is 5. The van der Waals surface area contributed by atoms with Crippen LogP contribution in [0.15, 0.2) is 42.0 Å². The molecule has 0 saturated heterocycles. The summed E-state index contributed by atoms with van der Waals surface area (Å²) >= 11 is 1.22. The van der Waals surface area contributed by atoms with Crippen LogP contribution >= 0.6 is 11.3 Å². The Morgan fingerprint density at radius 3 is 2.59 bits per heavy atom. The molecule has 0 spiro atoms. The smallest absolute Gasteiger partial charge is 0.337 e. The number of methoxy groups -OCH3 is 1. The minimum Gasteiger partial charge on any atom is -0.493 e. The van der Waals surface area contributed by atoms with Crippen LogP contribution in [-0.4, -0.2) is 48.3 Å². The zero-order valence-corrected chi connectivity index (χ0v) is 15.8. The second-order valence-corrected chi connectivity index (χ2v) is 6.49. The predicted octanol–water partition coefficient (Wildman–Crippen LogP) is 2.70. The molecule has 0 aliphatic rings. The average molecular weight is 410 g/mol. The Kier molecular flexibility index (Phi) is 4.99. The number of anilines is 4. The number of esters is 1. The molecule has 1 aromatic carbocycles. The maximum absolute atomic E-state index is 11.5. The number of benzene rings is 1. The van der Waals surface area contributed by atoms with Crippen molar-refractivity contribution >= 4 is 40.2 Å². The number of carbonyl (C=O) groups is 1. The summed E-state index contributed by atoms with van der Waals surface area (Å²) in [7, 11) is 1.34. The highest BCUT2D eigenvalue weighted by Gasteiger charge is 2.09. The van der Waals surface area contributed by atoms with Gasteiger partial charge in [-0.1, -0.05) is 12.1 Å². The van der Waals surface area contributed by atoms with Crippen molar-refractivity contribution in [3.8, 4) is 17.1 Å². The van der Waals surface area contributed by atoms with E-state index in [4.69, 9.17) is 4.74 Å². The molecule has 0 saturated carbocycles. The van der Waals surface area contributed by atoms with Gasteiger partial charge in [0.15, 0.2) is 10.9 Å². The van der Waals surface area contributed by atoms with Crippen molar-refractivity contribution in [2.45, 2.75) is 0 Å². The number of nitrogens with one attached hydrogen (secondary N) is 3. The molecule has 0 unspecified atom stereocenters. The number of aromatic hydroxyl groups is 1. The van der Waals surface area contributed by atoms with E-state index in [-0.39, 0.29) is 17.8 Å². The van der Waals surface area contributed by atoms with Crippen molar-refractivity contribution in [1.82, 2.24) is 30.1 Å². The largest absolute Gasteiger partial charge is 0.493 e. The molecular formula is C17H14N8O3S. The molecule has 0 atom stereocenters. The van der Waals surface area contributed by atoms with Crippen LogP contribution in [0, 0.1) is 0 Å². The summed E-state index contributed by atoms with van der Waals surface area (Å²) in [6.07, 6.45) is 1.34. The average Bonchev–Trinajstić information content (AvgIpc) is 3.37. The summed E-state index contributed by atoms with van der Waals surface area (Å²) in [6.45, 7) is 0. The number of hydrogen-bond acceptors (Lipinski definition) is 11. The number of carbonyl (C=O) groups excluding carboxylic acids is 1. The monoisotopic (exact) mass is 410 g/mol. The number of rotatable bonds is 6. The molecule has 0 radical (unpaired) electrons. The second-order valence-electron chi connectivity index (χ2n) is 5.63. The summed E-state index contributed by atoms with van der Waals surface area (Å²) in [5.74, 6) is 0.582. The van der Waals surface area contributed by atoms with Gasteiger partial charge in [0, 0.05) is 6.07 Å². The highest BCUT2D eigenvalue weighted by molar-refractivity contribution is 7.13. The summed E-state index contributed by atoms with van der Waals surface area (Å²) in [5.41, 5.74) is 2.06. The van der Waals surface area contributed by atoms with Crippen LogP contribution in [0.2, 0.25) is 0 Å². The maximum atomic E-state index is 11.5. The van der Waals surface area contributed by atoms with Gasteiger partial charge in [0.05, 0.1) is 23.7 Å². The number of hydrogen-bond donors (Lipinski definition) is 4. The number of aromatic amines is 1. The minimum atomic E-state index is -0.393. The van der Waals surface area contributed by atoms with E-state index in [2.05, 4.69) is 40.8 Å². The molecule has 0 bridgehead atoms. The topological polar surface area (TPSA) is 151 Å². The summed E-state index contributed by atoms with van der Waals surface area (Å²) in [4.78, 5) is 27.7. The Morgan fingerprint density at radius 2 is 1.90 bits per heavy atom. The lowest BCUT2D eigenvalue weighted by atomic mass is 10.1. The summed E-state index contributed by atoms with van der Waals surface area (Å²) in [6, 6.07) is 8.71. The zero-order valence-electron chi connectivity index (χ0n) is 14.9. The lowest BCUT2D eigenvalue weighted by Gasteiger charge is -2.03. The van der Waals surface area contributed by atoms with E-state index in [9.17, 15) is 9.90 Å². The molecule has 4 N–H and O–H groups in total. The van der Waals surface area contributed by atoms with Crippen molar-refractivity contribution in [3.05, 3.63) is 47.6 Å². The number of H-pyrrole nitrogens is 1. The first-order valence-electron chi connectivity index (χ1n) is 8.22. The van der Waals surface area contributed by atoms with Gasteiger partial charge >= 0.3 is 5.97 Å². The molecule has 3 heterocycles. The first-order chi connectivity index (χ1) is 14.1. The lowest BCUT2D eigenvalue weighted by Crippen LogP contribution is -2.02. The SMILES string of the molecule is COC(=O)c1ccc(-c2cc(Nc3ncnc(Nc4nc(O)cs4)n3)n[nH]2)cc1. The van der Waals surface area contributed by atoms with E-state index in [0.29, 0.717) is 16.5 Å². The van der Waals surface area contributed by atoms with Crippen LogP contribution in [0.5, 0.6) is 5.88 Å². The van der Waals surface area contributed by atoms with Crippen LogP contribution in [-0.2, 0) is 4.74 Å². The van der Waals surface area contributed by atoms with Crippen LogP contribution in [0.3, 0.4) is 0 Å². The number of ether oxygens (including phenoxy) is 1. The van der Waals surface area contributed by atoms with Gasteiger partial charge in [-0.3, -0.25) is 10.4 Å². The van der Waals surface area contributed by atoms with Crippen molar-refractivity contribution in [1.29, 1.82) is 0 Å². The van der Waals surface area contributed by atoms with Gasteiger partial charge < -0.3 is 15.2 Å². The van der Waals surface area contributed by atoms with Crippen LogP contribution < -0.4 is 10.6 Å². The number of thiazole rings is 1. The predicted molar refractivity (Wildman–Crippen MR) is 106 cm³/mol. The van der Waals surface area contributed by atoms with E-state index >= 15 is 0 Å². The Balaban J connectivity index is 1.46. The van der Waals surface area contributed by atoms with Gasteiger partial charge in [-0.05, 0) is 17.7 Å². The van der Waals surface area contributed by atoms with Crippen molar-refractivity contribution in [2.75, 3.05) is 17.7 Å². The highest BCUT2D eigenvalue weighted by atomic mass is 32.1. The molecule has 29 heavy (non-hydrogen) atoms. The summed E-state index contributed by atoms with van der Waals surface area (Å²) in [5, 5.41) is 24.2. The van der Waals surface area contributed by atoms with E-state index < -0.39 is 5.97 Å². The Hall–Kier alpha value is -4.06. The Morgan fingerprint density at radius 1 is 1.14 bits per heavy atom. The van der Waals surface area contributed by atoms with E-state index in [1.807, 2.05) is 0 Å². The third-order valence-corrected chi connectivity index (χ3v) is 4.46. The maximum Gasteiger partial charge on any atom is 0.337 e. The van der Waals surface area contributed by atoms with E-state index in [1.54, 1.807) is 30.3 Å². The molecule has 146 valence electrons. The molecule has 12 heteroatoms. The van der Waals surface area contributed by atoms with Crippen molar-refractivity contribution < 1.29 is 14.6 Å². The highest BCUT2D eigenvalue weighted by Crippen LogP contribution is 2.24. The fraction of sp³-hybridized carbons (Fsp3) is 0.0588. The van der Waals surface area contributed by atoms with Gasteiger partial charge in [0.2, 0.25) is 17.8 Å². The van der Waals surface area contributed by atoms with Crippen LogP contribution in [0.1, 0.15) is 10.4 Å². The Labute approximate surface area is 167 Å². The Bertz CT molecular complexity index is 1140.